The first-order valence-electron chi connectivity index (χ1n) is 9.29. The molecule has 0 saturated carbocycles. The number of ether oxygens (including phenoxy) is 1. The van der Waals surface area contributed by atoms with Gasteiger partial charge in [-0.25, -0.2) is 4.98 Å². The molecule has 3 rings (SSSR count). The van der Waals surface area contributed by atoms with Gasteiger partial charge in [0.25, 0.3) is 0 Å². The molecule has 0 radical (unpaired) electrons. The lowest BCUT2D eigenvalue weighted by Gasteiger charge is -2.13. The number of benzene rings is 2. The van der Waals surface area contributed by atoms with Crippen molar-refractivity contribution in [2.75, 3.05) is 11.9 Å². The molecule has 2 aromatic carbocycles. The molecule has 0 aliphatic carbocycles. The SMILES string of the molecule is CCNc1cc(-c2ccc(OC(C)C)cc2)cc(-c2cc(C)ccc2O)n1. The Labute approximate surface area is 160 Å². The van der Waals surface area contributed by atoms with E-state index in [9.17, 15) is 5.11 Å². The third-order valence-corrected chi connectivity index (χ3v) is 4.17. The maximum Gasteiger partial charge on any atom is 0.127 e. The van der Waals surface area contributed by atoms with E-state index in [4.69, 9.17) is 4.74 Å². The van der Waals surface area contributed by atoms with Gasteiger partial charge >= 0.3 is 0 Å². The van der Waals surface area contributed by atoms with Crippen LogP contribution in [0.5, 0.6) is 11.5 Å². The zero-order valence-electron chi connectivity index (χ0n) is 16.3. The minimum absolute atomic E-state index is 0.146. The maximum absolute atomic E-state index is 10.3. The first kappa shape index (κ1) is 18.8. The molecule has 140 valence electrons. The van der Waals surface area contributed by atoms with Crippen LogP contribution in [-0.2, 0) is 0 Å². The molecule has 0 saturated heterocycles. The van der Waals surface area contributed by atoms with Crippen LogP contribution in [0, 0.1) is 6.92 Å². The van der Waals surface area contributed by atoms with Crippen molar-refractivity contribution in [1.29, 1.82) is 0 Å². The average Bonchev–Trinajstić information content (AvgIpc) is 2.64. The van der Waals surface area contributed by atoms with Crippen molar-refractivity contribution in [2.45, 2.75) is 33.8 Å². The summed E-state index contributed by atoms with van der Waals surface area (Å²) in [5.74, 6) is 1.87. The van der Waals surface area contributed by atoms with Crippen LogP contribution in [0.4, 0.5) is 5.82 Å². The summed E-state index contributed by atoms with van der Waals surface area (Å²) in [6.07, 6.45) is 0.146. The van der Waals surface area contributed by atoms with Crippen molar-refractivity contribution in [3.05, 3.63) is 60.2 Å². The number of hydrogen-bond acceptors (Lipinski definition) is 4. The first-order valence-corrected chi connectivity index (χ1v) is 9.29. The molecular weight excluding hydrogens is 336 g/mol. The number of nitrogens with one attached hydrogen (secondary N) is 1. The van der Waals surface area contributed by atoms with Crippen molar-refractivity contribution in [3.63, 3.8) is 0 Å². The van der Waals surface area contributed by atoms with Gasteiger partial charge in [-0.05, 0) is 75.2 Å². The van der Waals surface area contributed by atoms with E-state index in [1.165, 1.54) is 0 Å². The lowest BCUT2D eigenvalue weighted by Crippen LogP contribution is -2.05. The number of aromatic hydroxyl groups is 1. The van der Waals surface area contributed by atoms with Gasteiger partial charge in [-0.1, -0.05) is 23.8 Å². The summed E-state index contributed by atoms with van der Waals surface area (Å²) in [6, 6.07) is 17.6. The largest absolute Gasteiger partial charge is 0.507 e. The molecule has 1 heterocycles. The predicted octanol–water partition coefficient (Wildman–Crippen LogP) is 5.65. The van der Waals surface area contributed by atoms with Crippen molar-refractivity contribution in [3.8, 4) is 33.9 Å². The van der Waals surface area contributed by atoms with Crippen LogP contribution in [0.3, 0.4) is 0 Å². The third-order valence-electron chi connectivity index (χ3n) is 4.17. The fourth-order valence-corrected chi connectivity index (χ4v) is 2.96. The van der Waals surface area contributed by atoms with Crippen molar-refractivity contribution < 1.29 is 9.84 Å². The molecule has 2 N–H and O–H groups in total. The van der Waals surface area contributed by atoms with E-state index in [0.29, 0.717) is 0 Å². The fraction of sp³-hybridized carbons (Fsp3) is 0.261. The van der Waals surface area contributed by atoms with Crippen LogP contribution >= 0.6 is 0 Å². The number of phenols is 1. The van der Waals surface area contributed by atoms with E-state index in [1.807, 2.05) is 76.2 Å². The number of pyridine rings is 1. The van der Waals surface area contributed by atoms with Crippen LogP contribution < -0.4 is 10.1 Å². The summed E-state index contributed by atoms with van der Waals surface area (Å²) in [4.78, 5) is 4.68. The number of phenolic OH excluding ortho intramolecular Hbond substituents is 1. The zero-order valence-corrected chi connectivity index (χ0v) is 16.3. The summed E-state index contributed by atoms with van der Waals surface area (Å²) in [5, 5.41) is 13.6. The van der Waals surface area contributed by atoms with Gasteiger partial charge in [-0.15, -0.1) is 0 Å². The van der Waals surface area contributed by atoms with E-state index in [0.717, 1.165) is 46.1 Å². The number of anilines is 1. The fourth-order valence-electron chi connectivity index (χ4n) is 2.96. The highest BCUT2D eigenvalue weighted by Crippen LogP contribution is 2.33. The maximum atomic E-state index is 10.3. The van der Waals surface area contributed by atoms with Crippen LogP contribution in [0.2, 0.25) is 0 Å². The first-order chi connectivity index (χ1) is 13.0. The quantitative estimate of drug-likeness (QED) is 0.595. The third kappa shape index (κ3) is 4.59. The average molecular weight is 362 g/mol. The Morgan fingerprint density at radius 3 is 2.41 bits per heavy atom. The summed E-state index contributed by atoms with van der Waals surface area (Å²) < 4.78 is 5.73. The second-order valence-corrected chi connectivity index (χ2v) is 6.87. The molecule has 0 spiro atoms. The molecule has 0 atom stereocenters. The smallest absolute Gasteiger partial charge is 0.127 e. The zero-order chi connectivity index (χ0) is 19.4. The van der Waals surface area contributed by atoms with E-state index in [-0.39, 0.29) is 11.9 Å². The molecule has 0 amide bonds. The number of aryl methyl sites for hydroxylation is 1. The highest BCUT2D eigenvalue weighted by atomic mass is 16.5. The van der Waals surface area contributed by atoms with E-state index < -0.39 is 0 Å². The summed E-state index contributed by atoms with van der Waals surface area (Å²) in [6.45, 7) is 8.85. The van der Waals surface area contributed by atoms with Crippen molar-refractivity contribution in [1.82, 2.24) is 4.98 Å². The molecule has 0 unspecified atom stereocenters. The second-order valence-electron chi connectivity index (χ2n) is 6.87. The topological polar surface area (TPSA) is 54.4 Å². The molecular formula is C23H26N2O2. The lowest BCUT2D eigenvalue weighted by molar-refractivity contribution is 0.242. The molecule has 1 aromatic heterocycles. The van der Waals surface area contributed by atoms with Crippen molar-refractivity contribution in [2.24, 2.45) is 0 Å². The Morgan fingerprint density at radius 2 is 1.74 bits per heavy atom. The van der Waals surface area contributed by atoms with Crippen LogP contribution in [0.25, 0.3) is 22.4 Å². The number of hydrogen-bond donors (Lipinski definition) is 2. The van der Waals surface area contributed by atoms with Crippen molar-refractivity contribution >= 4 is 5.82 Å². The molecule has 3 aromatic rings. The lowest BCUT2D eigenvalue weighted by atomic mass is 10.0. The Bertz CT molecular complexity index is 918. The summed E-state index contributed by atoms with van der Waals surface area (Å²) in [7, 11) is 0. The molecule has 0 fully saturated rings. The number of aromatic nitrogens is 1. The highest BCUT2D eigenvalue weighted by molar-refractivity contribution is 5.76. The number of rotatable bonds is 6. The van der Waals surface area contributed by atoms with Gasteiger partial charge in [-0.3, -0.25) is 0 Å². The second kappa shape index (κ2) is 8.12. The summed E-state index contributed by atoms with van der Waals surface area (Å²) in [5.41, 5.74) is 4.66. The minimum Gasteiger partial charge on any atom is -0.507 e. The Kier molecular flexibility index (Phi) is 5.65. The Morgan fingerprint density at radius 1 is 1.00 bits per heavy atom. The minimum atomic E-state index is 0.146. The van der Waals surface area contributed by atoms with Gasteiger partial charge < -0.3 is 15.2 Å². The van der Waals surface area contributed by atoms with Gasteiger partial charge in [0.1, 0.15) is 17.3 Å². The van der Waals surface area contributed by atoms with Gasteiger partial charge in [0.05, 0.1) is 11.8 Å². The van der Waals surface area contributed by atoms with Gasteiger partial charge in [0.2, 0.25) is 0 Å². The normalized spacial score (nSPS) is 10.9. The molecule has 4 nitrogen and oxygen atoms in total. The van der Waals surface area contributed by atoms with Gasteiger partial charge in [-0.2, -0.15) is 0 Å². The molecule has 0 aliphatic rings. The van der Waals surface area contributed by atoms with E-state index >= 15 is 0 Å². The standard InChI is InChI=1S/C23H26N2O2/c1-5-24-23-14-18(17-7-9-19(10-8-17)27-15(2)3)13-21(25-23)20-12-16(4)6-11-22(20)26/h6-15,26H,5H2,1-4H3,(H,24,25). The molecule has 0 bridgehead atoms. The van der Waals surface area contributed by atoms with Crippen LogP contribution in [-0.4, -0.2) is 22.7 Å². The van der Waals surface area contributed by atoms with E-state index in [2.05, 4.69) is 10.3 Å². The Hall–Kier alpha value is -3.01. The molecule has 27 heavy (non-hydrogen) atoms. The van der Waals surface area contributed by atoms with Crippen LogP contribution in [0.1, 0.15) is 26.3 Å². The van der Waals surface area contributed by atoms with Gasteiger partial charge in [0.15, 0.2) is 0 Å². The Balaban J connectivity index is 2.05. The molecule has 0 aliphatic heterocycles. The van der Waals surface area contributed by atoms with Crippen LogP contribution in [0.15, 0.2) is 54.6 Å². The monoisotopic (exact) mass is 362 g/mol. The van der Waals surface area contributed by atoms with E-state index in [1.54, 1.807) is 6.07 Å². The van der Waals surface area contributed by atoms with Gasteiger partial charge in [0, 0.05) is 12.1 Å². The molecule has 4 heteroatoms. The number of nitrogens with zero attached hydrogens (tertiary/aromatic N) is 1. The summed E-state index contributed by atoms with van der Waals surface area (Å²) >= 11 is 0. The highest BCUT2D eigenvalue weighted by Gasteiger charge is 2.11. The predicted molar refractivity (Wildman–Crippen MR) is 111 cm³/mol.